The first-order chi connectivity index (χ1) is 7.48. The standard InChI is InChI=1S/C11H14F2N2O/c1-15-4-2-3-9(15)10(16)14-7-8-5-11(12,13)6-8/h2-4,8H,5-7H2,1H3,(H,14,16). The second-order valence-corrected chi connectivity index (χ2v) is 4.34. The van der Waals surface area contributed by atoms with Gasteiger partial charge in [-0.05, 0) is 18.1 Å². The molecule has 0 spiro atoms. The Labute approximate surface area is 92.4 Å². The molecular weight excluding hydrogens is 214 g/mol. The number of hydrogen-bond acceptors (Lipinski definition) is 1. The van der Waals surface area contributed by atoms with Crippen molar-refractivity contribution in [1.82, 2.24) is 9.88 Å². The lowest BCUT2D eigenvalue weighted by atomic mass is 9.81. The number of hydrogen-bond donors (Lipinski definition) is 1. The van der Waals surface area contributed by atoms with Crippen molar-refractivity contribution in [3.05, 3.63) is 24.0 Å². The highest BCUT2D eigenvalue weighted by Crippen LogP contribution is 2.41. The second kappa shape index (κ2) is 3.88. The Morgan fingerprint density at radius 2 is 2.31 bits per heavy atom. The molecule has 0 saturated heterocycles. The highest BCUT2D eigenvalue weighted by Gasteiger charge is 2.44. The Morgan fingerprint density at radius 3 is 2.81 bits per heavy atom. The molecule has 0 aromatic carbocycles. The minimum Gasteiger partial charge on any atom is -0.350 e. The summed E-state index contributed by atoms with van der Waals surface area (Å²) in [6.45, 7) is 0.333. The monoisotopic (exact) mass is 228 g/mol. The van der Waals surface area contributed by atoms with E-state index in [4.69, 9.17) is 0 Å². The average Bonchev–Trinajstić information content (AvgIpc) is 2.57. The summed E-state index contributed by atoms with van der Waals surface area (Å²) in [5, 5.41) is 2.67. The fraction of sp³-hybridized carbons (Fsp3) is 0.545. The number of aromatic nitrogens is 1. The lowest BCUT2D eigenvalue weighted by molar-refractivity contribution is -0.108. The van der Waals surface area contributed by atoms with Crippen LogP contribution in [0.5, 0.6) is 0 Å². The third-order valence-electron chi connectivity index (χ3n) is 2.90. The number of amides is 1. The fourth-order valence-electron chi connectivity index (χ4n) is 1.95. The van der Waals surface area contributed by atoms with Crippen LogP contribution in [0.25, 0.3) is 0 Å². The maximum Gasteiger partial charge on any atom is 0.267 e. The van der Waals surface area contributed by atoms with Gasteiger partial charge in [-0.3, -0.25) is 4.79 Å². The lowest BCUT2D eigenvalue weighted by Gasteiger charge is -2.34. The fourth-order valence-corrected chi connectivity index (χ4v) is 1.95. The molecule has 1 aromatic rings. The Morgan fingerprint density at radius 1 is 1.62 bits per heavy atom. The number of halogens is 2. The van der Waals surface area contributed by atoms with Crippen molar-refractivity contribution in [2.45, 2.75) is 18.8 Å². The van der Waals surface area contributed by atoms with Gasteiger partial charge in [0.25, 0.3) is 5.91 Å². The number of alkyl halides is 2. The number of carbonyl (C=O) groups is 1. The molecule has 3 nitrogen and oxygen atoms in total. The minimum absolute atomic E-state index is 0.0841. The van der Waals surface area contributed by atoms with E-state index >= 15 is 0 Å². The maximum absolute atomic E-state index is 12.5. The molecule has 0 atom stereocenters. The van der Waals surface area contributed by atoms with E-state index in [0.29, 0.717) is 12.2 Å². The number of nitrogens with zero attached hydrogens (tertiary/aromatic N) is 1. The van der Waals surface area contributed by atoms with E-state index < -0.39 is 5.92 Å². The average molecular weight is 228 g/mol. The van der Waals surface area contributed by atoms with Gasteiger partial charge in [-0.15, -0.1) is 0 Å². The van der Waals surface area contributed by atoms with Crippen LogP contribution >= 0.6 is 0 Å². The summed E-state index contributed by atoms with van der Waals surface area (Å²) in [7, 11) is 1.77. The van der Waals surface area contributed by atoms with E-state index in [9.17, 15) is 13.6 Å². The van der Waals surface area contributed by atoms with Gasteiger partial charge < -0.3 is 9.88 Å². The van der Waals surface area contributed by atoms with Gasteiger partial charge in [-0.2, -0.15) is 0 Å². The maximum atomic E-state index is 12.5. The Kier molecular flexibility index (Phi) is 2.69. The summed E-state index contributed by atoms with van der Waals surface area (Å²) < 4.78 is 26.8. The van der Waals surface area contributed by atoms with Crippen LogP contribution < -0.4 is 5.32 Å². The highest BCUT2D eigenvalue weighted by molar-refractivity contribution is 5.92. The molecular formula is C11H14F2N2O. The van der Waals surface area contributed by atoms with Crippen LogP contribution in [-0.4, -0.2) is 22.9 Å². The van der Waals surface area contributed by atoms with Gasteiger partial charge in [0.2, 0.25) is 5.92 Å². The molecule has 1 saturated carbocycles. The molecule has 1 amide bonds. The third kappa shape index (κ3) is 2.23. The van der Waals surface area contributed by atoms with Gasteiger partial charge in [-0.1, -0.05) is 0 Å². The molecule has 16 heavy (non-hydrogen) atoms. The topological polar surface area (TPSA) is 34.0 Å². The zero-order chi connectivity index (χ0) is 11.8. The van der Waals surface area contributed by atoms with Crippen molar-refractivity contribution in [3.63, 3.8) is 0 Å². The summed E-state index contributed by atoms with van der Waals surface area (Å²) in [6, 6.07) is 3.47. The summed E-state index contributed by atoms with van der Waals surface area (Å²) in [4.78, 5) is 11.6. The third-order valence-corrected chi connectivity index (χ3v) is 2.90. The quantitative estimate of drug-likeness (QED) is 0.841. The Bertz CT molecular complexity index is 392. The Hall–Kier alpha value is -1.39. The number of nitrogens with one attached hydrogen (secondary N) is 1. The van der Waals surface area contributed by atoms with Gasteiger partial charge in [0.15, 0.2) is 0 Å². The predicted octanol–water partition coefficient (Wildman–Crippen LogP) is 1.80. The molecule has 0 bridgehead atoms. The van der Waals surface area contributed by atoms with Crippen LogP contribution in [0.2, 0.25) is 0 Å². The van der Waals surface area contributed by atoms with Crippen LogP contribution in [0.15, 0.2) is 18.3 Å². The molecule has 1 aromatic heterocycles. The Balaban J connectivity index is 1.80. The molecule has 2 rings (SSSR count). The zero-order valence-electron chi connectivity index (χ0n) is 9.04. The smallest absolute Gasteiger partial charge is 0.267 e. The number of carbonyl (C=O) groups excluding carboxylic acids is 1. The molecule has 1 aliphatic carbocycles. The van der Waals surface area contributed by atoms with E-state index in [1.807, 2.05) is 0 Å². The molecule has 5 heteroatoms. The zero-order valence-corrected chi connectivity index (χ0v) is 9.04. The van der Waals surface area contributed by atoms with Gasteiger partial charge in [-0.25, -0.2) is 8.78 Å². The van der Waals surface area contributed by atoms with Crippen LogP contribution in [-0.2, 0) is 7.05 Å². The van der Waals surface area contributed by atoms with Crippen molar-refractivity contribution in [2.75, 3.05) is 6.54 Å². The lowest BCUT2D eigenvalue weighted by Crippen LogP contribution is -2.42. The molecule has 0 unspecified atom stereocenters. The number of aryl methyl sites for hydroxylation is 1. The van der Waals surface area contributed by atoms with E-state index in [1.165, 1.54) is 0 Å². The SMILES string of the molecule is Cn1cccc1C(=O)NCC1CC(F)(F)C1. The molecule has 0 aliphatic heterocycles. The first kappa shape index (κ1) is 11.1. The summed E-state index contributed by atoms with van der Waals surface area (Å²) in [5.74, 6) is -2.80. The van der Waals surface area contributed by atoms with Crippen LogP contribution in [0.1, 0.15) is 23.3 Å². The molecule has 1 heterocycles. The van der Waals surface area contributed by atoms with E-state index in [0.717, 1.165) is 0 Å². The number of rotatable bonds is 3. The first-order valence-corrected chi connectivity index (χ1v) is 5.25. The van der Waals surface area contributed by atoms with Gasteiger partial charge >= 0.3 is 0 Å². The van der Waals surface area contributed by atoms with E-state index in [-0.39, 0.29) is 24.7 Å². The molecule has 1 fully saturated rings. The highest BCUT2D eigenvalue weighted by atomic mass is 19.3. The minimum atomic E-state index is -2.51. The molecule has 88 valence electrons. The van der Waals surface area contributed by atoms with Gasteiger partial charge in [0.1, 0.15) is 5.69 Å². The van der Waals surface area contributed by atoms with Crippen molar-refractivity contribution >= 4 is 5.91 Å². The summed E-state index contributed by atoms with van der Waals surface area (Å²) in [6.07, 6.45) is 1.55. The normalized spacial score (nSPS) is 19.2. The molecule has 1 N–H and O–H groups in total. The van der Waals surface area contributed by atoms with Crippen molar-refractivity contribution in [3.8, 4) is 0 Å². The molecule has 0 radical (unpaired) electrons. The van der Waals surface area contributed by atoms with E-state index in [1.54, 1.807) is 29.9 Å². The largest absolute Gasteiger partial charge is 0.350 e. The van der Waals surface area contributed by atoms with Crippen molar-refractivity contribution < 1.29 is 13.6 Å². The summed E-state index contributed by atoms with van der Waals surface area (Å²) >= 11 is 0. The van der Waals surface area contributed by atoms with Gasteiger partial charge in [0.05, 0.1) is 0 Å². The van der Waals surface area contributed by atoms with E-state index in [2.05, 4.69) is 5.32 Å². The van der Waals surface area contributed by atoms with Crippen LogP contribution in [0, 0.1) is 5.92 Å². The predicted molar refractivity (Wildman–Crippen MR) is 55.4 cm³/mol. The second-order valence-electron chi connectivity index (χ2n) is 4.34. The molecule has 1 aliphatic rings. The summed E-state index contributed by atoms with van der Waals surface area (Å²) in [5.41, 5.74) is 0.547. The van der Waals surface area contributed by atoms with Crippen LogP contribution in [0.3, 0.4) is 0 Å². The van der Waals surface area contributed by atoms with Crippen LogP contribution in [0.4, 0.5) is 8.78 Å². The first-order valence-electron chi connectivity index (χ1n) is 5.25. The van der Waals surface area contributed by atoms with Crippen molar-refractivity contribution in [1.29, 1.82) is 0 Å². The van der Waals surface area contributed by atoms with Crippen molar-refractivity contribution in [2.24, 2.45) is 13.0 Å². The van der Waals surface area contributed by atoms with Gasteiger partial charge in [0, 0.05) is 32.6 Å².